The summed E-state index contributed by atoms with van der Waals surface area (Å²) in [5.74, 6) is 3.55. The van der Waals surface area contributed by atoms with Crippen LogP contribution in [0, 0.1) is 6.92 Å². The topological polar surface area (TPSA) is 102 Å². The van der Waals surface area contributed by atoms with Gasteiger partial charge in [-0.3, -0.25) is 19.7 Å². The van der Waals surface area contributed by atoms with Crippen molar-refractivity contribution in [3.63, 3.8) is 0 Å². The van der Waals surface area contributed by atoms with Gasteiger partial charge in [-0.25, -0.2) is 5.84 Å². The second kappa shape index (κ2) is 7.34. The molecule has 0 atom stereocenters. The molecule has 1 heterocycles. The summed E-state index contributed by atoms with van der Waals surface area (Å²) in [5, 5.41) is 6.05. The first-order chi connectivity index (χ1) is 12.1. The first-order valence-corrected chi connectivity index (χ1v) is 7.73. The Hall–Kier alpha value is -2.59. The highest BCUT2D eigenvalue weighted by atomic mass is 35.5. The number of hydrogen-bond acceptors (Lipinski definition) is 4. The Morgan fingerprint density at radius 3 is 2.46 bits per heavy atom. The predicted octanol–water partition coefficient (Wildman–Crippen LogP) is 2.74. The molecule has 2 amide bonds. The third kappa shape index (κ3) is 3.97. The minimum absolute atomic E-state index is 0.0236. The molecular weight excluding hydrogens is 375 g/mol. The first kappa shape index (κ1) is 19.7. The van der Waals surface area contributed by atoms with Crippen LogP contribution in [0.5, 0.6) is 0 Å². The molecule has 0 radical (unpaired) electrons. The number of nitrogen functional groups attached to an aromatic ring is 1. The molecule has 1 aromatic carbocycles. The van der Waals surface area contributed by atoms with E-state index >= 15 is 0 Å². The van der Waals surface area contributed by atoms with Crippen molar-refractivity contribution >= 4 is 29.1 Å². The summed E-state index contributed by atoms with van der Waals surface area (Å²) in [4.78, 5) is 24.4. The number of nitrogens with one attached hydrogen (secondary N) is 2. The van der Waals surface area contributed by atoms with Crippen molar-refractivity contribution in [2.24, 2.45) is 5.84 Å². The quantitative estimate of drug-likeness (QED) is 0.425. The van der Waals surface area contributed by atoms with Gasteiger partial charge >= 0.3 is 6.18 Å². The normalized spacial score (nSPS) is 11.3. The van der Waals surface area contributed by atoms with E-state index in [4.69, 9.17) is 17.4 Å². The van der Waals surface area contributed by atoms with E-state index in [1.54, 1.807) is 13.8 Å². The van der Waals surface area contributed by atoms with Crippen LogP contribution >= 0.6 is 11.6 Å². The van der Waals surface area contributed by atoms with Crippen LogP contribution in [0.15, 0.2) is 18.2 Å². The SMILES string of the molecule is CCn1nc(C(F)(F)F)cc1C(=O)Nc1c(C)cc(Cl)cc1C(=O)NN. The van der Waals surface area contributed by atoms with Crippen LogP contribution in [0.3, 0.4) is 0 Å². The van der Waals surface area contributed by atoms with E-state index < -0.39 is 23.7 Å². The lowest BCUT2D eigenvalue weighted by Crippen LogP contribution is -2.31. The Labute approximate surface area is 151 Å². The van der Waals surface area contributed by atoms with Gasteiger partial charge in [-0.05, 0) is 31.5 Å². The molecule has 0 spiro atoms. The van der Waals surface area contributed by atoms with Crippen molar-refractivity contribution in [3.8, 4) is 0 Å². The van der Waals surface area contributed by atoms with Gasteiger partial charge in [0.05, 0.1) is 11.3 Å². The molecule has 0 aliphatic rings. The highest BCUT2D eigenvalue weighted by Gasteiger charge is 2.35. The van der Waals surface area contributed by atoms with E-state index in [1.165, 1.54) is 12.1 Å². The fraction of sp³-hybridized carbons (Fsp3) is 0.267. The van der Waals surface area contributed by atoms with Crippen molar-refractivity contribution < 1.29 is 22.8 Å². The molecule has 0 saturated heterocycles. The number of hydrazine groups is 1. The van der Waals surface area contributed by atoms with Crippen molar-refractivity contribution in [1.29, 1.82) is 0 Å². The molecule has 7 nitrogen and oxygen atoms in total. The van der Waals surface area contributed by atoms with Crippen molar-refractivity contribution in [2.75, 3.05) is 5.32 Å². The minimum Gasteiger partial charge on any atom is -0.320 e. The van der Waals surface area contributed by atoms with Gasteiger partial charge in [-0.1, -0.05) is 11.6 Å². The first-order valence-electron chi connectivity index (χ1n) is 7.36. The Kier molecular flexibility index (Phi) is 5.57. The number of alkyl halides is 3. The van der Waals surface area contributed by atoms with Gasteiger partial charge in [0.15, 0.2) is 5.69 Å². The average molecular weight is 390 g/mol. The second-order valence-corrected chi connectivity index (χ2v) is 5.74. The molecule has 0 bridgehead atoms. The second-order valence-electron chi connectivity index (χ2n) is 5.30. The molecule has 0 saturated carbocycles. The third-order valence-electron chi connectivity index (χ3n) is 3.52. The molecule has 0 aliphatic carbocycles. The van der Waals surface area contributed by atoms with Crippen LogP contribution in [0.1, 0.15) is 39.0 Å². The maximum absolute atomic E-state index is 12.8. The summed E-state index contributed by atoms with van der Waals surface area (Å²) in [6, 6.07) is 3.42. The molecule has 1 aromatic heterocycles. The maximum Gasteiger partial charge on any atom is 0.435 e. The Morgan fingerprint density at radius 2 is 1.92 bits per heavy atom. The molecule has 26 heavy (non-hydrogen) atoms. The van der Waals surface area contributed by atoms with E-state index in [-0.39, 0.29) is 28.5 Å². The highest BCUT2D eigenvalue weighted by molar-refractivity contribution is 6.31. The number of aryl methyl sites for hydroxylation is 2. The van der Waals surface area contributed by atoms with Gasteiger partial charge in [0, 0.05) is 17.6 Å². The summed E-state index contributed by atoms with van der Waals surface area (Å²) in [7, 11) is 0. The number of carbonyl (C=O) groups excluding carboxylic acids is 2. The molecule has 0 unspecified atom stereocenters. The number of rotatable bonds is 4. The zero-order chi connectivity index (χ0) is 19.6. The summed E-state index contributed by atoms with van der Waals surface area (Å²) in [6.07, 6.45) is -4.68. The smallest absolute Gasteiger partial charge is 0.320 e. The zero-order valence-corrected chi connectivity index (χ0v) is 14.5. The van der Waals surface area contributed by atoms with E-state index in [1.807, 2.05) is 5.43 Å². The van der Waals surface area contributed by atoms with E-state index in [9.17, 15) is 22.8 Å². The molecule has 11 heteroatoms. The van der Waals surface area contributed by atoms with E-state index in [0.29, 0.717) is 11.6 Å². The summed E-state index contributed by atoms with van der Waals surface area (Å²) in [6.45, 7) is 3.17. The van der Waals surface area contributed by atoms with Gasteiger partial charge in [0.1, 0.15) is 5.69 Å². The predicted molar refractivity (Wildman–Crippen MR) is 88.7 cm³/mol. The maximum atomic E-state index is 12.8. The summed E-state index contributed by atoms with van der Waals surface area (Å²) < 4.78 is 39.5. The van der Waals surface area contributed by atoms with Gasteiger partial charge in [-0.2, -0.15) is 18.3 Å². The fourth-order valence-electron chi connectivity index (χ4n) is 2.32. The lowest BCUT2D eigenvalue weighted by atomic mass is 10.1. The Morgan fingerprint density at radius 1 is 1.27 bits per heavy atom. The average Bonchev–Trinajstić information content (AvgIpc) is 3.00. The highest BCUT2D eigenvalue weighted by Crippen LogP contribution is 2.30. The monoisotopic (exact) mass is 389 g/mol. The summed E-state index contributed by atoms with van der Waals surface area (Å²) >= 11 is 5.91. The number of hydrogen-bond donors (Lipinski definition) is 3. The number of aromatic nitrogens is 2. The largest absolute Gasteiger partial charge is 0.435 e. The summed E-state index contributed by atoms with van der Waals surface area (Å²) in [5.41, 5.74) is 0.932. The van der Waals surface area contributed by atoms with Crippen molar-refractivity contribution in [3.05, 3.63) is 45.7 Å². The number of benzene rings is 1. The molecule has 4 N–H and O–H groups in total. The number of amides is 2. The molecular formula is C15H15ClF3N5O2. The molecule has 2 rings (SSSR count). The molecule has 0 fully saturated rings. The van der Waals surface area contributed by atoms with Crippen molar-refractivity contribution in [1.82, 2.24) is 15.2 Å². The van der Waals surface area contributed by atoms with Gasteiger partial charge < -0.3 is 5.32 Å². The number of nitrogens with zero attached hydrogens (tertiary/aromatic N) is 2. The van der Waals surface area contributed by atoms with Crippen LogP contribution in [-0.2, 0) is 12.7 Å². The van der Waals surface area contributed by atoms with Gasteiger partial charge in [0.25, 0.3) is 11.8 Å². The third-order valence-corrected chi connectivity index (χ3v) is 3.74. The molecule has 0 aliphatic heterocycles. The standard InChI is InChI=1S/C15H15ClF3N5O2/c1-3-24-10(6-11(23-24)15(17,18)19)14(26)21-12-7(2)4-8(16)5-9(12)13(25)22-20/h4-6H,3,20H2,1-2H3,(H,21,26)(H,22,25). The zero-order valence-electron chi connectivity index (χ0n) is 13.7. The molecule has 2 aromatic rings. The van der Waals surface area contributed by atoms with Crippen LogP contribution in [0.4, 0.5) is 18.9 Å². The fourth-order valence-corrected chi connectivity index (χ4v) is 2.60. The van der Waals surface area contributed by atoms with Crippen molar-refractivity contribution in [2.45, 2.75) is 26.6 Å². The van der Waals surface area contributed by atoms with Gasteiger partial charge in [-0.15, -0.1) is 0 Å². The lowest BCUT2D eigenvalue weighted by molar-refractivity contribution is -0.141. The van der Waals surface area contributed by atoms with E-state index in [2.05, 4.69) is 10.4 Å². The minimum atomic E-state index is -4.68. The van der Waals surface area contributed by atoms with E-state index in [0.717, 1.165) is 4.68 Å². The van der Waals surface area contributed by atoms with Crippen LogP contribution in [0.2, 0.25) is 5.02 Å². The molecule has 140 valence electrons. The lowest BCUT2D eigenvalue weighted by Gasteiger charge is -2.14. The van der Waals surface area contributed by atoms with Crippen LogP contribution in [-0.4, -0.2) is 21.6 Å². The Balaban J connectivity index is 2.46. The number of halogens is 4. The van der Waals surface area contributed by atoms with Crippen LogP contribution < -0.4 is 16.6 Å². The van der Waals surface area contributed by atoms with Gasteiger partial charge in [0.2, 0.25) is 0 Å². The van der Waals surface area contributed by atoms with Crippen LogP contribution in [0.25, 0.3) is 0 Å². The number of anilines is 1. The number of nitrogens with two attached hydrogens (primary N) is 1. The number of carbonyl (C=O) groups is 2. The Bertz CT molecular complexity index is 864.